The second kappa shape index (κ2) is 13.3. The molecule has 35 heavy (non-hydrogen) atoms. The van der Waals surface area contributed by atoms with Crippen LogP contribution in [0.25, 0.3) is 6.08 Å². The van der Waals surface area contributed by atoms with Crippen LogP contribution in [-0.4, -0.2) is 45.3 Å². The average molecular weight is 506 g/mol. The minimum absolute atomic E-state index is 0.0639. The van der Waals surface area contributed by atoms with E-state index in [0.29, 0.717) is 23.6 Å². The Kier molecular flexibility index (Phi) is 11.1. The van der Waals surface area contributed by atoms with E-state index in [0.717, 1.165) is 24.8 Å². The van der Waals surface area contributed by atoms with Gasteiger partial charge >= 0.3 is 5.97 Å². The smallest absolute Gasteiger partial charge is 0.309 e. The number of aromatic nitrogens is 1. The van der Waals surface area contributed by atoms with E-state index in [-0.39, 0.29) is 18.1 Å². The number of hydrogen-bond acceptors (Lipinski definition) is 6. The van der Waals surface area contributed by atoms with Crippen molar-refractivity contribution in [3.63, 3.8) is 0 Å². The summed E-state index contributed by atoms with van der Waals surface area (Å²) in [7, 11) is 0. The zero-order valence-electron chi connectivity index (χ0n) is 21.5. The van der Waals surface area contributed by atoms with E-state index in [9.17, 15) is 19.8 Å². The van der Waals surface area contributed by atoms with Gasteiger partial charge in [0.25, 0.3) is 0 Å². The second-order valence-corrected chi connectivity index (χ2v) is 10.7. The van der Waals surface area contributed by atoms with Crippen LogP contribution in [0.3, 0.4) is 0 Å². The summed E-state index contributed by atoms with van der Waals surface area (Å²) in [5.74, 6) is -1.56. The minimum atomic E-state index is -1.26. The predicted molar refractivity (Wildman–Crippen MR) is 139 cm³/mol. The number of aliphatic hydroxyl groups excluding tert-OH is 2. The molecule has 0 spiro atoms. The lowest BCUT2D eigenvalue weighted by molar-refractivity contribution is -0.154. The van der Waals surface area contributed by atoms with E-state index in [4.69, 9.17) is 16.3 Å². The first-order chi connectivity index (χ1) is 16.5. The van der Waals surface area contributed by atoms with E-state index in [1.165, 1.54) is 0 Å². The maximum atomic E-state index is 13.4. The molecule has 2 N–H and O–H groups in total. The van der Waals surface area contributed by atoms with Gasteiger partial charge in [0.1, 0.15) is 11.9 Å². The number of pyridine rings is 1. The number of Topliss-reactive ketones (excluding diaryl/α,β-unsaturated/α-hetero) is 1. The zero-order valence-corrected chi connectivity index (χ0v) is 22.3. The summed E-state index contributed by atoms with van der Waals surface area (Å²) in [6.45, 7) is 9.08. The number of halogens is 1. The Labute approximate surface area is 214 Å². The first-order valence-electron chi connectivity index (χ1n) is 12.5. The fourth-order valence-electron chi connectivity index (χ4n) is 4.44. The fraction of sp³-hybridized carbons (Fsp3) is 0.607. The van der Waals surface area contributed by atoms with Gasteiger partial charge in [0.2, 0.25) is 0 Å². The molecule has 1 aliphatic heterocycles. The van der Waals surface area contributed by atoms with Crippen LogP contribution >= 0.6 is 11.6 Å². The van der Waals surface area contributed by atoms with Gasteiger partial charge in [-0.1, -0.05) is 57.0 Å². The van der Waals surface area contributed by atoms with Crippen LogP contribution in [0.1, 0.15) is 78.8 Å². The van der Waals surface area contributed by atoms with E-state index < -0.39 is 35.6 Å². The van der Waals surface area contributed by atoms with Crippen LogP contribution in [0.4, 0.5) is 0 Å². The summed E-state index contributed by atoms with van der Waals surface area (Å²) in [5, 5.41) is 22.1. The van der Waals surface area contributed by atoms with Crippen molar-refractivity contribution in [1.29, 1.82) is 0 Å². The maximum Gasteiger partial charge on any atom is 0.309 e. The van der Waals surface area contributed by atoms with E-state index >= 15 is 0 Å². The Balaban J connectivity index is 2.36. The van der Waals surface area contributed by atoms with Crippen molar-refractivity contribution in [3.8, 4) is 0 Å². The van der Waals surface area contributed by atoms with Crippen LogP contribution in [0.15, 0.2) is 41.1 Å². The summed E-state index contributed by atoms with van der Waals surface area (Å²) in [5.41, 5.74) is 0.551. The highest BCUT2D eigenvalue weighted by molar-refractivity contribution is 6.32. The number of cyclic esters (lactones) is 1. The van der Waals surface area contributed by atoms with E-state index in [1.54, 1.807) is 38.3 Å². The number of hydrogen-bond donors (Lipinski definition) is 2. The molecule has 1 aromatic rings. The highest BCUT2D eigenvalue weighted by Crippen LogP contribution is 2.34. The number of aliphatic hydroxyl groups is 2. The number of ketones is 1. The van der Waals surface area contributed by atoms with Gasteiger partial charge in [-0.3, -0.25) is 14.6 Å². The summed E-state index contributed by atoms with van der Waals surface area (Å²) in [4.78, 5) is 30.5. The third kappa shape index (κ3) is 8.26. The molecule has 5 atom stereocenters. The topological polar surface area (TPSA) is 96.7 Å². The van der Waals surface area contributed by atoms with Crippen molar-refractivity contribution in [1.82, 2.24) is 4.98 Å². The van der Waals surface area contributed by atoms with E-state index in [2.05, 4.69) is 4.98 Å². The van der Waals surface area contributed by atoms with Crippen LogP contribution in [0.5, 0.6) is 0 Å². The molecule has 6 nitrogen and oxygen atoms in total. The number of ether oxygens (including phenoxy) is 1. The second-order valence-electron chi connectivity index (χ2n) is 10.2. The number of nitrogens with zero attached hydrogens (tertiary/aromatic N) is 1. The molecule has 0 unspecified atom stereocenters. The molecule has 0 fully saturated rings. The molecule has 0 amide bonds. The quantitative estimate of drug-likeness (QED) is 0.418. The molecule has 7 heteroatoms. The highest BCUT2D eigenvalue weighted by atomic mass is 35.5. The molecule has 1 aliphatic rings. The Hall–Kier alpha value is -2.02. The number of carbonyl (C=O) groups is 2. The fourth-order valence-corrected chi connectivity index (χ4v) is 4.68. The normalized spacial score (nSPS) is 31.4. The summed E-state index contributed by atoms with van der Waals surface area (Å²) < 4.78 is 5.69. The lowest BCUT2D eigenvalue weighted by Crippen LogP contribution is -2.46. The first-order valence-corrected chi connectivity index (χ1v) is 12.9. The molecule has 0 bridgehead atoms. The Bertz CT molecular complexity index is 911. The van der Waals surface area contributed by atoms with Crippen molar-refractivity contribution in [3.05, 3.63) is 46.8 Å². The maximum absolute atomic E-state index is 13.4. The molecule has 0 radical (unpaired) electrons. The number of rotatable bonds is 3. The number of allylic oxidation sites excluding steroid dienone is 1. The lowest BCUT2D eigenvalue weighted by Gasteiger charge is -2.35. The van der Waals surface area contributed by atoms with Gasteiger partial charge in [-0.25, -0.2) is 0 Å². The molecular formula is C28H40ClNO5. The Morgan fingerprint density at radius 1 is 1.29 bits per heavy atom. The molecule has 0 aliphatic carbocycles. The largest absolute Gasteiger partial charge is 0.456 e. The van der Waals surface area contributed by atoms with Crippen molar-refractivity contribution in [2.75, 3.05) is 0 Å². The summed E-state index contributed by atoms with van der Waals surface area (Å²) in [6, 6.07) is 5.45. The van der Waals surface area contributed by atoms with Crippen LogP contribution < -0.4 is 0 Å². The predicted octanol–water partition coefficient (Wildman–Crippen LogP) is 5.46. The molecule has 0 saturated heterocycles. The van der Waals surface area contributed by atoms with Gasteiger partial charge in [-0.05, 0) is 56.7 Å². The Morgan fingerprint density at radius 2 is 2.00 bits per heavy atom. The third-order valence-electron chi connectivity index (χ3n) is 7.07. The van der Waals surface area contributed by atoms with Gasteiger partial charge < -0.3 is 14.9 Å². The molecular weight excluding hydrogens is 466 g/mol. The van der Waals surface area contributed by atoms with Gasteiger partial charge in [-0.15, -0.1) is 0 Å². The van der Waals surface area contributed by atoms with Crippen molar-refractivity contribution >= 4 is 29.4 Å². The molecule has 2 rings (SSSR count). The van der Waals surface area contributed by atoms with Gasteiger partial charge in [0.15, 0.2) is 0 Å². The van der Waals surface area contributed by atoms with Crippen LogP contribution in [-0.2, 0) is 14.3 Å². The zero-order chi connectivity index (χ0) is 26.2. The number of esters is 1. The average Bonchev–Trinajstić information content (AvgIpc) is 2.81. The number of carbonyl (C=O) groups excluding carboxylic acids is 2. The molecule has 0 saturated carbocycles. The van der Waals surface area contributed by atoms with Crippen molar-refractivity contribution in [2.24, 2.45) is 17.3 Å². The van der Waals surface area contributed by atoms with Crippen molar-refractivity contribution in [2.45, 2.75) is 91.5 Å². The van der Waals surface area contributed by atoms with Gasteiger partial charge in [0.05, 0.1) is 34.8 Å². The molecule has 2 heterocycles. The van der Waals surface area contributed by atoms with Crippen LogP contribution in [0.2, 0.25) is 0 Å². The standard InChI is InChI=1S/C28H40ClNO5/c1-6-21-26(33)19(3)11-9-10-18(2)13-14-23(22(29)16-20-12-7-8-15-30-20)35-25(32)17-24(31)28(4,5)27(21)34/h7-8,12-13,15-16,19,21,23-24,26,31,33H,6,9-11,14,17H2,1-5H3/b18-13-,22-16-/t19-,21+,23-,24-,26-/m0/s1. The van der Waals surface area contributed by atoms with Gasteiger partial charge in [0, 0.05) is 18.5 Å². The lowest BCUT2D eigenvalue weighted by atomic mass is 9.71. The monoisotopic (exact) mass is 505 g/mol. The van der Waals surface area contributed by atoms with Gasteiger partial charge in [-0.2, -0.15) is 0 Å². The summed E-state index contributed by atoms with van der Waals surface area (Å²) in [6.07, 6.45) is 5.49. The first kappa shape index (κ1) is 29.2. The summed E-state index contributed by atoms with van der Waals surface area (Å²) >= 11 is 6.57. The molecule has 1 aromatic heterocycles. The van der Waals surface area contributed by atoms with Crippen LogP contribution in [0, 0.1) is 17.3 Å². The molecule has 0 aromatic carbocycles. The third-order valence-corrected chi connectivity index (χ3v) is 7.42. The van der Waals surface area contributed by atoms with E-state index in [1.807, 2.05) is 32.9 Å². The molecule has 194 valence electrons. The highest BCUT2D eigenvalue weighted by Gasteiger charge is 2.43. The van der Waals surface area contributed by atoms with Crippen molar-refractivity contribution < 1.29 is 24.5 Å². The Morgan fingerprint density at radius 3 is 2.63 bits per heavy atom. The minimum Gasteiger partial charge on any atom is -0.456 e. The SMILES string of the molecule is CC[C@H]1C(=O)C(C)(C)[C@@H](O)CC(=O)O[C@H](/C(Cl)=C/c2ccccn2)C/C=C(/C)CCC[C@H](C)[C@@H]1O.